The van der Waals surface area contributed by atoms with Crippen LogP contribution in [0.5, 0.6) is 0 Å². The van der Waals surface area contributed by atoms with Gasteiger partial charge in [0, 0.05) is 12.0 Å². The lowest BCUT2D eigenvalue weighted by Crippen LogP contribution is -2.23. The van der Waals surface area contributed by atoms with Crippen LogP contribution in [0.3, 0.4) is 0 Å². The molecule has 24 heavy (non-hydrogen) atoms. The molecule has 0 atom stereocenters. The number of rotatable bonds is 5. The molecule has 0 unspecified atom stereocenters. The average molecular weight is 345 g/mol. The minimum Gasteiger partial charge on any atom is -0.360 e. The van der Waals surface area contributed by atoms with Crippen molar-refractivity contribution in [3.8, 4) is 11.5 Å². The molecule has 2 aromatic heterocycles. The number of halogens is 1. The van der Waals surface area contributed by atoms with Crippen molar-refractivity contribution in [2.75, 3.05) is 0 Å². The van der Waals surface area contributed by atoms with E-state index in [1.807, 2.05) is 6.07 Å². The van der Waals surface area contributed by atoms with Gasteiger partial charge < -0.3 is 14.4 Å². The highest BCUT2D eigenvalue weighted by Gasteiger charge is 2.28. The predicted molar refractivity (Wildman–Crippen MR) is 84.4 cm³/mol. The lowest BCUT2D eigenvalue weighted by molar-refractivity contribution is 0.0946. The summed E-state index contributed by atoms with van der Waals surface area (Å²) in [5.41, 5.74) is 0.925. The van der Waals surface area contributed by atoms with Crippen molar-refractivity contribution in [3.63, 3.8) is 0 Å². The standard InChI is InChI=1S/C16H13ClN4O3/c17-11-4-2-1-3-10(11)16(22)18-8-14-19-15(21-24-14)12-7-13(23-20-12)9-5-6-9/h1-4,7,9H,5-6,8H2,(H,18,22). The summed E-state index contributed by atoms with van der Waals surface area (Å²) in [5.74, 6) is 1.63. The maximum Gasteiger partial charge on any atom is 0.253 e. The Hall–Kier alpha value is -2.67. The van der Waals surface area contributed by atoms with Gasteiger partial charge >= 0.3 is 0 Å². The maximum absolute atomic E-state index is 12.1. The second-order valence-electron chi connectivity index (χ2n) is 5.56. The first-order valence-electron chi connectivity index (χ1n) is 7.53. The summed E-state index contributed by atoms with van der Waals surface area (Å²) in [7, 11) is 0. The molecular weight excluding hydrogens is 332 g/mol. The van der Waals surface area contributed by atoms with Crippen molar-refractivity contribution in [3.05, 3.63) is 52.6 Å². The molecule has 8 heteroatoms. The number of carbonyl (C=O) groups excluding carboxylic acids is 1. The highest BCUT2D eigenvalue weighted by Crippen LogP contribution is 2.40. The first kappa shape index (κ1) is 14.9. The molecule has 4 rings (SSSR count). The Bertz CT molecular complexity index is 885. The fourth-order valence-electron chi connectivity index (χ4n) is 2.28. The van der Waals surface area contributed by atoms with Crippen LogP contribution >= 0.6 is 11.6 Å². The van der Waals surface area contributed by atoms with Crippen LogP contribution < -0.4 is 5.32 Å². The maximum atomic E-state index is 12.1. The first-order chi connectivity index (χ1) is 11.7. The number of amides is 1. The molecule has 0 saturated heterocycles. The van der Waals surface area contributed by atoms with Gasteiger partial charge in [-0.3, -0.25) is 4.79 Å². The fraction of sp³-hybridized carbons (Fsp3) is 0.250. The van der Waals surface area contributed by atoms with Crippen LogP contribution in [0.4, 0.5) is 0 Å². The second kappa shape index (κ2) is 6.09. The molecule has 1 N–H and O–H groups in total. The number of nitrogens with one attached hydrogen (secondary N) is 1. The normalized spacial score (nSPS) is 13.9. The largest absolute Gasteiger partial charge is 0.360 e. The summed E-state index contributed by atoms with van der Waals surface area (Å²) < 4.78 is 10.4. The summed E-state index contributed by atoms with van der Waals surface area (Å²) in [6.45, 7) is 0.102. The molecule has 0 aliphatic heterocycles. The molecule has 0 radical (unpaired) electrons. The van der Waals surface area contributed by atoms with Gasteiger partial charge in [0.05, 0.1) is 17.1 Å². The van der Waals surface area contributed by atoms with Crippen LogP contribution in [-0.2, 0) is 6.54 Å². The summed E-state index contributed by atoms with van der Waals surface area (Å²) in [5, 5.41) is 10.9. The van der Waals surface area contributed by atoms with E-state index in [4.69, 9.17) is 20.6 Å². The van der Waals surface area contributed by atoms with Crippen LogP contribution in [0.15, 0.2) is 39.4 Å². The predicted octanol–water partition coefficient (Wildman–Crippen LogP) is 3.19. The summed E-state index contributed by atoms with van der Waals surface area (Å²) >= 11 is 5.99. The fourth-order valence-corrected chi connectivity index (χ4v) is 2.50. The minimum atomic E-state index is -0.308. The molecule has 0 spiro atoms. The van der Waals surface area contributed by atoms with E-state index in [1.165, 1.54) is 0 Å². The van der Waals surface area contributed by atoms with E-state index in [9.17, 15) is 4.79 Å². The topological polar surface area (TPSA) is 94.1 Å². The van der Waals surface area contributed by atoms with Crippen molar-refractivity contribution >= 4 is 17.5 Å². The van der Waals surface area contributed by atoms with Crippen LogP contribution in [0.25, 0.3) is 11.5 Å². The van der Waals surface area contributed by atoms with Gasteiger partial charge in [0.25, 0.3) is 5.91 Å². The zero-order chi connectivity index (χ0) is 16.5. The molecule has 1 aromatic carbocycles. The Morgan fingerprint density at radius 1 is 1.25 bits per heavy atom. The zero-order valence-electron chi connectivity index (χ0n) is 12.5. The van der Waals surface area contributed by atoms with Crippen molar-refractivity contribution in [2.24, 2.45) is 0 Å². The van der Waals surface area contributed by atoms with E-state index in [-0.39, 0.29) is 18.3 Å². The van der Waals surface area contributed by atoms with Gasteiger partial charge in [0.15, 0.2) is 5.69 Å². The number of nitrogens with zero attached hydrogens (tertiary/aromatic N) is 3. The molecule has 1 saturated carbocycles. The van der Waals surface area contributed by atoms with Crippen molar-refractivity contribution < 1.29 is 13.8 Å². The SMILES string of the molecule is O=C(NCc1nc(-c2cc(C3CC3)on2)no1)c1ccccc1Cl. The Morgan fingerprint density at radius 3 is 2.88 bits per heavy atom. The molecule has 1 amide bonds. The highest BCUT2D eigenvalue weighted by molar-refractivity contribution is 6.33. The number of benzene rings is 1. The lowest BCUT2D eigenvalue weighted by atomic mass is 10.2. The van der Waals surface area contributed by atoms with Gasteiger partial charge in [0.2, 0.25) is 11.7 Å². The van der Waals surface area contributed by atoms with Gasteiger partial charge in [-0.2, -0.15) is 4.98 Å². The van der Waals surface area contributed by atoms with Crippen LogP contribution in [0.2, 0.25) is 5.02 Å². The quantitative estimate of drug-likeness (QED) is 0.763. The van der Waals surface area contributed by atoms with E-state index >= 15 is 0 Å². The van der Waals surface area contributed by atoms with Crippen molar-refractivity contribution in [2.45, 2.75) is 25.3 Å². The van der Waals surface area contributed by atoms with Crippen molar-refractivity contribution in [1.29, 1.82) is 0 Å². The van der Waals surface area contributed by atoms with Crippen LogP contribution in [-0.4, -0.2) is 21.2 Å². The Kier molecular flexibility index (Phi) is 3.78. The van der Waals surface area contributed by atoms with Crippen molar-refractivity contribution in [1.82, 2.24) is 20.6 Å². The summed E-state index contributed by atoms with van der Waals surface area (Å²) in [6.07, 6.45) is 2.25. The molecule has 122 valence electrons. The second-order valence-corrected chi connectivity index (χ2v) is 5.97. The van der Waals surface area contributed by atoms with Gasteiger partial charge in [-0.25, -0.2) is 0 Å². The molecule has 3 aromatic rings. The van der Waals surface area contributed by atoms with E-state index in [2.05, 4.69) is 20.6 Å². The Labute approximate surface area is 142 Å². The smallest absolute Gasteiger partial charge is 0.253 e. The number of carbonyl (C=O) groups is 1. The molecule has 0 bridgehead atoms. The third-order valence-corrected chi connectivity index (χ3v) is 4.05. The highest BCUT2D eigenvalue weighted by atomic mass is 35.5. The summed E-state index contributed by atoms with van der Waals surface area (Å²) in [4.78, 5) is 16.3. The molecule has 7 nitrogen and oxygen atoms in total. The molecule has 1 aliphatic carbocycles. The van der Waals surface area contributed by atoms with E-state index in [0.717, 1.165) is 18.6 Å². The van der Waals surface area contributed by atoms with E-state index in [0.29, 0.717) is 28.0 Å². The molecule has 2 heterocycles. The molecule has 1 fully saturated rings. The minimum absolute atomic E-state index is 0.102. The number of hydrogen-bond donors (Lipinski definition) is 1. The summed E-state index contributed by atoms with van der Waals surface area (Å²) in [6, 6.07) is 8.63. The van der Waals surface area contributed by atoms with Crippen LogP contribution in [0.1, 0.15) is 40.8 Å². The van der Waals surface area contributed by atoms with Crippen LogP contribution in [0, 0.1) is 0 Å². The third-order valence-electron chi connectivity index (χ3n) is 3.72. The number of hydrogen-bond acceptors (Lipinski definition) is 6. The monoisotopic (exact) mass is 344 g/mol. The Morgan fingerprint density at radius 2 is 2.08 bits per heavy atom. The van der Waals surface area contributed by atoms with Gasteiger partial charge in [-0.1, -0.05) is 34.0 Å². The molecular formula is C16H13ClN4O3. The first-order valence-corrected chi connectivity index (χ1v) is 7.91. The molecule has 1 aliphatic rings. The Balaban J connectivity index is 1.41. The van der Waals surface area contributed by atoms with Gasteiger partial charge in [-0.15, -0.1) is 0 Å². The zero-order valence-corrected chi connectivity index (χ0v) is 13.3. The van der Waals surface area contributed by atoms with Gasteiger partial charge in [0.1, 0.15) is 5.76 Å². The number of aromatic nitrogens is 3. The third kappa shape index (κ3) is 3.03. The van der Waals surface area contributed by atoms with E-state index in [1.54, 1.807) is 24.3 Å². The van der Waals surface area contributed by atoms with Gasteiger partial charge in [-0.05, 0) is 25.0 Å². The average Bonchev–Trinajstić information content (AvgIpc) is 3.13. The van der Waals surface area contributed by atoms with E-state index < -0.39 is 0 Å². The lowest BCUT2D eigenvalue weighted by Gasteiger charge is -2.03.